The number of fused-ring (bicyclic) bond motifs is 1. The molecule has 0 spiro atoms. The number of carbonyl (C=O) groups is 1. The molecule has 14 heavy (non-hydrogen) atoms. The van der Waals surface area contributed by atoms with Gasteiger partial charge in [-0.3, -0.25) is 4.79 Å². The summed E-state index contributed by atoms with van der Waals surface area (Å²) < 4.78 is 0. The van der Waals surface area contributed by atoms with Gasteiger partial charge in [-0.25, -0.2) is 4.98 Å². The fraction of sp³-hybridized carbons (Fsp3) is 0.0909. The van der Waals surface area contributed by atoms with E-state index in [1.165, 1.54) is 0 Å². The van der Waals surface area contributed by atoms with E-state index < -0.39 is 0 Å². The van der Waals surface area contributed by atoms with E-state index in [4.69, 9.17) is 0 Å². The first kappa shape index (κ1) is 8.69. The van der Waals surface area contributed by atoms with Gasteiger partial charge in [0.2, 0.25) is 5.78 Å². The summed E-state index contributed by atoms with van der Waals surface area (Å²) in [4.78, 5) is 18.6. The van der Waals surface area contributed by atoms with Crippen molar-refractivity contribution in [2.24, 2.45) is 0 Å². The minimum absolute atomic E-state index is 0.138. The van der Waals surface area contributed by atoms with Gasteiger partial charge in [0.1, 0.15) is 0 Å². The van der Waals surface area contributed by atoms with Gasteiger partial charge < -0.3 is 4.98 Å². The normalized spacial score (nSPS) is 10.4. The number of hydrogen-bond acceptors (Lipinski definition) is 2. The van der Waals surface area contributed by atoms with Crippen molar-refractivity contribution in [1.29, 1.82) is 0 Å². The lowest BCUT2D eigenvalue weighted by Gasteiger charge is -1.91. The van der Waals surface area contributed by atoms with Gasteiger partial charge in [0.05, 0.1) is 11.0 Å². The van der Waals surface area contributed by atoms with Crippen molar-refractivity contribution in [3.05, 3.63) is 42.2 Å². The van der Waals surface area contributed by atoms with Crippen LogP contribution in [-0.4, -0.2) is 15.8 Å². The zero-order valence-corrected chi connectivity index (χ0v) is 7.87. The number of para-hydroxylation sites is 2. The zero-order valence-electron chi connectivity index (χ0n) is 7.87. The molecule has 0 bridgehead atoms. The van der Waals surface area contributed by atoms with Gasteiger partial charge in [0.25, 0.3) is 0 Å². The van der Waals surface area contributed by atoms with Crippen LogP contribution in [0.1, 0.15) is 17.5 Å². The number of benzene rings is 1. The van der Waals surface area contributed by atoms with Gasteiger partial charge in [-0.05, 0) is 24.6 Å². The molecular formula is C11H10N2O. The maximum atomic E-state index is 11.5. The first-order chi connectivity index (χ1) is 6.68. The summed E-state index contributed by atoms with van der Waals surface area (Å²) >= 11 is 0. The van der Waals surface area contributed by atoms with Crippen molar-refractivity contribution >= 4 is 16.8 Å². The van der Waals surface area contributed by atoms with E-state index >= 15 is 0 Å². The summed E-state index contributed by atoms with van der Waals surface area (Å²) in [6.45, 7) is 5.27. The fourth-order valence-corrected chi connectivity index (χ4v) is 1.26. The number of allylic oxidation sites excluding steroid dienone is 1. The van der Waals surface area contributed by atoms with E-state index in [-0.39, 0.29) is 5.78 Å². The van der Waals surface area contributed by atoms with Gasteiger partial charge >= 0.3 is 0 Å². The molecule has 1 aromatic heterocycles. The number of hydrogen-bond donors (Lipinski definition) is 1. The Hall–Kier alpha value is -1.90. The summed E-state index contributed by atoms with van der Waals surface area (Å²) in [6.07, 6.45) is 0. The molecule has 0 aliphatic rings. The minimum atomic E-state index is -0.138. The first-order valence-corrected chi connectivity index (χ1v) is 4.33. The predicted molar refractivity (Wildman–Crippen MR) is 55.2 cm³/mol. The standard InChI is InChI=1S/C11H10N2O/c1-7(2)10(14)11-12-8-5-3-4-6-9(8)13-11/h3-6H,1H2,2H3,(H,12,13). The number of aromatic nitrogens is 2. The Bertz CT molecular complexity index is 478. The zero-order chi connectivity index (χ0) is 10.1. The summed E-state index contributed by atoms with van der Waals surface area (Å²) in [5.74, 6) is 0.222. The van der Waals surface area contributed by atoms with Crippen LogP contribution >= 0.6 is 0 Å². The second-order valence-corrected chi connectivity index (χ2v) is 3.21. The maximum absolute atomic E-state index is 11.5. The van der Waals surface area contributed by atoms with Crippen LogP contribution in [0.25, 0.3) is 11.0 Å². The van der Waals surface area contributed by atoms with Gasteiger partial charge in [0, 0.05) is 0 Å². The van der Waals surface area contributed by atoms with E-state index in [9.17, 15) is 4.79 Å². The molecule has 1 N–H and O–H groups in total. The number of rotatable bonds is 2. The van der Waals surface area contributed by atoms with Crippen molar-refractivity contribution < 1.29 is 4.79 Å². The molecule has 2 aromatic rings. The Morgan fingerprint density at radius 2 is 2.14 bits per heavy atom. The number of carbonyl (C=O) groups excluding carboxylic acids is 1. The highest BCUT2D eigenvalue weighted by atomic mass is 16.1. The van der Waals surface area contributed by atoms with Crippen LogP contribution < -0.4 is 0 Å². The number of nitrogens with zero attached hydrogens (tertiary/aromatic N) is 1. The topological polar surface area (TPSA) is 45.8 Å². The van der Waals surface area contributed by atoms with Crippen LogP contribution in [0.15, 0.2) is 36.4 Å². The lowest BCUT2D eigenvalue weighted by molar-refractivity contribution is 0.102. The minimum Gasteiger partial charge on any atom is -0.335 e. The predicted octanol–water partition coefficient (Wildman–Crippen LogP) is 2.32. The van der Waals surface area contributed by atoms with E-state index in [0.717, 1.165) is 11.0 Å². The van der Waals surface area contributed by atoms with E-state index in [0.29, 0.717) is 11.4 Å². The molecule has 0 fully saturated rings. The number of imidazole rings is 1. The molecule has 0 saturated carbocycles. The van der Waals surface area contributed by atoms with Gasteiger partial charge in [-0.2, -0.15) is 0 Å². The smallest absolute Gasteiger partial charge is 0.223 e. The van der Waals surface area contributed by atoms with Crippen LogP contribution in [0.4, 0.5) is 0 Å². The van der Waals surface area contributed by atoms with E-state index in [1.807, 2.05) is 24.3 Å². The molecule has 3 heteroatoms. The second kappa shape index (κ2) is 3.10. The molecule has 0 aliphatic heterocycles. The lowest BCUT2D eigenvalue weighted by atomic mass is 10.2. The molecule has 1 heterocycles. The lowest BCUT2D eigenvalue weighted by Crippen LogP contribution is -2.01. The summed E-state index contributed by atoms with van der Waals surface area (Å²) in [5.41, 5.74) is 2.17. The average molecular weight is 186 g/mol. The molecule has 0 amide bonds. The maximum Gasteiger partial charge on any atom is 0.223 e. The molecule has 0 aliphatic carbocycles. The van der Waals surface area contributed by atoms with Crippen molar-refractivity contribution in [2.45, 2.75) is 6.92 Å². The molecular weight excluding hydrogens is 176 g/mol. The largest absolute Gasteiger partial charge is 0.335 e. The SMILES string of the molecule is C=C(C)C(=O)c1nc2ccccc2[nH]1. The highest BCUT2D eigenvalue weighted by Crippen LogP contribution is 2.12. The van der Waals surface area contributed by atoms with Crippen LogP contribution in [0, 0.1) is 0 Å². The Balaban J connectivity index is 2.55. The quantitative estimate of drug-likeness (QED) is 0.578. The second-order valence-electron chi connectivity index (χ2n) is 3.21. The summed E-state index contributed by atoms with van der Waals surface area (Å²) in [7, 11) is 0. The van der Waals surface area contributed by atoms with Gasteiger partial charge in [-0.15, -0.1) is 0 Å². The monoisotopic (exact) mass is 186 g/mol. The third kappa shape index (κ3) is 1.33. The van der Waals surface area contributed by atoms with E-state index in [1.54, 1.807) is 6.92 Å². The molecule has 0 unspecified atom stereocenters. The fourth-order valence-electron chi connectivity index (χ4n) is 1.26. The highest BCUT2D eigenvalue weighted by molar-refractivity contribution is 6.06. The van der Waals surface area contributed by atoms with Crippen LogP contribution in [0.3, 0.4) is 0 Å². The van der Waals surface area contributed by atoms with E-state index in [2.05, 4.69) is 16.5 Å². The third-order valence-corrected chi connectivity index (χ3v) is 1.99. The number of ketones is 1. The Labute approximate surface area is 81.5 Å². The average Bonchev–Trinajstić information content (AvgIpc) is 2.59. The Morgan fingerprint density at radius 3 is 2.79 bits per heavy atom. The van der Waals surface area contributed by atoms with Crippen molar-refractivity contribution in [3.8, 4) is 0 Å². The molecule has 3 nitrogen and oxygen atoms in total. The Kier molecular flexibility index (Phi) is 1.93. The van der Waals surface area contributed by atoms with Crippen LogP contribution in [0.5, 0.6) is 0 Å². The summed E-state index contributed by atoms with van der Waals surface area (Å²) in [6, 6.07) is 7.53. The highest BCUT2D eigenvalue weighted by Gasteiger charge is 2.10. The van der Waals surface area contributed by atoms with Crippen molar-refractivity contribution in [1.82, 2.24) is 9.97 Å². The molecule has 0 atom stereocenters. The number of nitrogens with one attached hydrogen (secondary N) is 1. The third-order valence-electron chi connectivity index (χ3n) is 1.99. The molecule has 0 saturated heterocycles. The molecule has 70 valence electrons. The van der Waals surface area contributed by atoms with Gasteiger partial charge in [0.15, 0.2) is 5.82 Å². The number of Topliss-reactive ketones (excluding diaryl/α,β-unsaturated/α-hetero) is 1. The summed E-state index contributed by atoms with van der Waals surface area (Å²) in [5, 5.41) is 0. The first-order valence-electron chi connectivity index (χ1n) is 4.33. The van der Waals surface area contributed by atoms with Crippen molar-refractivity contribution in [2.75, 3.05) is 0 Å². The van der Waals surface area contributed by atoms with Crippen LogP contribution in [-0.2, 0) is 0 Å². The molecule has 0 radical (unpaired) electrons. The van der Waals surface area contributed by atoms with Crippen LogP contribution in [0.2, 0.25) is 0 Å². The number of aromatic amines is 1. The molecule has 1 aromatic carbocycles. The Morgan fingerprint density at radius 1 is 1.43 bits per heavy atom. The van der Waals surface area contributed by atoms with Crippen molar-refractivity contribution in [3.63, 3.8) is 0 Å². The van der Waals surface area contributed by atoms with Gasteiger partial charge in [-0.1, -0.05) is 18.7 Å². The molecule has 2 rings (SSSR count). The number of H-pyrrole nitrogens is 1.